The van der Waals surface area contributed by atoms with Crippen LogP contribution < -0.4 is 0 Å². The second-order valence-corrected chi connectivity index (χ2v) is 4.56. The first-order valence-electron chi connectivity index (χ1n) is 4.24. The Morgan fingerprint density at radius 3 is 2.18 bits per heavy atom. The van der Waals surface area contributed by atoms with Crippen LogP contribution in [0.15, 0.2) is 0 Å². The Morgan fingerprint density at radius 2 is 1.82 bits per heavy atom. The first-order chi connectivity index (χ1) is 7.48. The smallest absolute Gasteiger partial charge is 0.405 e. The number of alkyl halides is 2. The van der Waals surface area contributed by atoms with Crippen LogP contribution in [0.4, 0.5) is 8.78 Å². The lowest BCUT2D eigenvalue weighted by Gasteiger charge is -2.20. The molecular formula is C7H10F2O7S. The molecule has 0 rings (SSSR count). The number of carbonyl (C=O) groups is 2. The summed E-state index contributed by atoms with van der Waals surface area (Å²) in [4.78, 5) is 20.9. The zero-order valence-corrected chi connectivity index (χ0v) is 9.41. The third kappa shape index (κ3) is 4.61. The van der Waals surface area contributed by atoms with Crippen molar-refractivity contribution in [1.29, 1.82) is 0 Å². The lowest BCUT2D eigenvalue weighted by Crippen LogP contribution is -2.42. The molecule has 0 aromatic heterocycles. The van der Waals surface area contributed by atoms with Crippen molar-refractivity contribution in [1.82, 2.24) is 0 Å². The van der Waals surface area contributed by atoms with Crippen molar-refractivity contribution in [3.05, 3.63) is 0 Å². The third-order valence-corrected chi connectivity index (χ3v) is 2.69. The van der Waals surface area contributed by atoms with Crippen molar-refractivity contribution >= 4 is 22.1 Å². The molecule has 0 aliphatic rings. The summed E-state index contributed by atoms with van der Waals surface area (Å²) in [6, 6.07) is 0. The summed E-state index contributed by atoms with van der Waals surface area (Å²) >= 11 is 0. The normalized spacial score (nSPS) is 14.1. The molecule has 0 bridgehead atoms. The monoisotopic (exact) mass is 276 g/mol. The van der Waals surface area contributed by atoms with Crippen LogP contribution in [0.2, 0.25) is 0 Å². The van der Waals surface area contributed by atoms with Crippen LogP contribution >= 0.6 is 0 Å². The average molecular weight is 276 g/mol. The van der Waals surface area contributed by atoms with E-state index in [0.717, 1.165) is 0 Å². The summed E-state index contributed by atoms with van der Waals surface area (Å²) in [5, 5.41) is 3.55. The van der Waals surface area contributed by atoms with E-state index in [1.54, 1.807) is 0 Å². The average Bonchev–Trinajstić information content (AvgIpc) is 2.12. The standard InChI is InChI=1S/C7H10F2O7S/c1-4(7(8,9)17(13,14)15)16-6(12)3-2-5(10)11/h4H,2-3H2,1H3,(H,10,11)(H,13,14,15). The molecule has 0 aliphatic heterocycles. The SMILES string of the molecule is CC(OC(=O)CCC(=O)O)C(F)(F)S(=O)(=O)O. The van der Waals surface area contributed by atoms with Crippen LogP contribution in [-0.2, 0) is 24.4 Å². The molecule has 0 spiro atoms. The molecule has 0 aliphatic carbocycles. The van der Waals surface area contributed by atoms with E-state index in [-0.39, 0.29) is 0 Å². The predicted molar refractivity (Wildman–Crippen MR) is 48.9 cm³/mol. The molecule has 0 saturated heterocycles. The molecule has 10 heteroatoms. The second-order valence-electron chi connectivity index (χ2n) is 3.06. The quantitative estimate of drug-likeness (QED) is 0.527. The van der Waals surface area contributed by atoms with Crippen molar-refractivity contribution in [2.24, 2.45) is 0 Å². The van der Waals surface area contributed by atoms with E-state index in [1.807, 2.05) is 0 Å². The van der Waals surface area contributed by atoms with Gasteiger partial charge in [0.2, 0.25) is 0 Å². The molecular weight excluding hydrogens is 266 g/mol. The van der Waals surface area contributed by atoms with Crippen LogP contribution in [0.25, 0.3) is 0 Å². The Morgan fingerprint density at radius 1 is 1.35 bits per heavy atom. The number of carboxylic acid groups (broad SMARTS) is 1. The van der Waals surface area contributed by atoms with E-state index in [2.05, 4.69) is 4.74 Å². The highest BCUT2D eigenvalue weighted by atomic mass is 32.2. The van der Waals surface area contributed by atoms with Crippen molar-refractivity contribution in [2.75, 3.05) is 0 Å². The number of ether oxygens (including phenoxy) is 1. The highest BCUT2D eigenvalue weighted by molar-refractivity contribution is 7.86. The van der Waals surface area contributed by atoms with Crippen LogP contribution in [0.3, 0.4) is 0 Å². The second kappa shape index (κ2) is 5.36. The van der Waals surface area contributed by atoms with Gasteiger partial charge < -0.3 is 9.84 Å². The minimum atomic E-state index is -5.71. The first-order valence-corrected chi connectivity index (χ1v) is 5.68. The molecule has 7 nitrogen and oxygen atoms in total. The lowest BCUT2D eigenvalue weighted by atomic mass is 10.3. The van der Waals surface area contributed by atoms with Gasteiger partial charge in [0.15, 0.2) is 6.10 Å². The highest BCUT2D eigenvalue weighted by Gasteiger charge is 2.51. The van der Waals surface area contributed by atoms with Gasteiger partial charge in [-0.25, -0.2) is 0 Å². The minimum absolute atomic E-state index is 0.562. The van der Waals surface area contributed by atoms with Gasteiger partial charge in [-0.3, -0.25) is 14.1 Å². The fourth-order valence-electron chi connectivity index (χ4n) is 0.743. The number of carbonyl (C=O) groups excluding carboxylic acids is 1. The van der Waals surface area contributed by atoms with Gasteiger partial charge in [0.05, 0.1) is 12.8 Å². The molecule has 0 amide bonds. The van der Waals surface area contributed by atoms with Gasteiger partial charge in [0, 0.05) is 0 Å². The topological polar surface area (TPSA) is 118 Å². The van der Waals surface area contributed by atoms with Gasteiger partial charge in [-0.2, -0.15) is 17.2 Å². The number of aliphatic carboxylic acids is 1. The zero-order valence-electron chi connectivity index (χ0n) is 8.59. The van der Waals surface area contributed by atoms with Crippen LogP contribution in [0.1, 0.15) is 19.8 Å². The van der Waals surface area contributed by atoms with E-state index >= 15 is 0 Å². The summed E-state index contributed by atoms with van der Waals surface area (Å²) in [6.07, 6.45) is -3.73. The molecule has 0 fully saturated rings. The largest absolute Gasteiger partial charge is 0.481 e. The van der Waals surface area contributed by atoms with Crippen molar-refractivity contribution in [2.45, 2.75) is 31.1 Å². The maximum atomic E-state index is 12.9. The summed E-state index contributed by atoms with van der Waals surface area (Å²) in [6.45, 7) is 0.562. The molecule has 17 heavy (non-hydrogen) atoms. The molecule has 0 aromatic rings. The van der Waals surface area contributed by atoms with Gasteiger partial charge in [-0.15, -0.1) is 0 Å². The van der Waals surface area contributed by atoms with Crippen LogP contribution in [-0.4, -0.2) is 41.4 Å². The van der Waals surface area contributed by atoms with Gasteiger partial charge in [0.25, 0.3) is 0 Å². The number of esters is 1. The maximum absolute atomic E-state index is 12.9. The van der Waals surface area contributed by atoms with Crippen LogP contribution in [0, 0.1) is 0 Å². The maximum Gasteiger partial charge on any atom is 0.405 e. The van der Waals surface area contributed by atoms with E-state index in [1.165, 1.54) is 0 Å². The minimum Gasteiger partial charge on any atom is -0.481 e. The molecule has 1 unspecified atom stereocenters. The Hall–Kier alpha value is -1.29. The number of rotatable bonds is 6. The molecule has 1 atom stereocenters. The molecule has 100 valence electrons. The number of halogens is 2. The third-order valence-electron chi connectivity index (χ3n) is 1.67. The van der Waals surface area contributed by atoms with Crippen molar-refractivity contribution in [3.8, 4) is 0 Å². The Kier molecular flexibility index (Phi) is 4.95. The van der Waals surface area contributed by atoms with Crippen molar-refractivity contribution < 1.29 is 41.2 Å². The van der Waals surface area contributed by atoms with Gasteiger partial charge in [-0.1, -0.05) is 0 Å². The van der Waals surface area contributed by atoms with Gasteiger partial charge >= 0.3 is 27.3 Å². The Bertz CT molecular complexity index is 402. The lowest BCUT2D eigenvalue weighted by molar-refractivity contribution is -0.161. The first kappa shape index (κ1) is 15.7. The summed E-state index contributed by atoms with van der Waals surface area (Å²) in [7, 11) is -5.71. The fraction of sp³-hybridized carbons (Fsp3) is 0.714. The number of hydrogen-bond donors (Lipinski definition) is 2. The molecule has 0 radical (unpaired) electrons. The van der Waals surface area contributed by atoms with Crippen molar-refractivity contribution in [3.63, 3.8) is 0 Å². The fourth-order valence-corrected chi connectivity index (χ4v) is 1.21. The predicted octanol–water partition coefficient (Wildman–Crippen LogP) is 0.263. The zero-order chi connectivity index (χ0) is 13.9. The number of carboxylic acids is 1. The number of hydrogen-bond acceptors (Lipinski definition) is 5. The molecule has 0 heterocycles. The van der Waals surface area contributed by atoms with E-state index in [9.17, 15) is 26.8 Å². The summed E-state index contributed by atoms with van der Waals surface area (Å²) in [5.41, 5.74) is 0. The van der Waals surface area contributed by atoms with E-state index < -0.39 is 46.3 Å². The molecule has 0 aromatic carbocycles. The van der Waals surface area contributed by atoms with E-state index in [0.29, 0.717) is 6.92 Å². The molecule has 0 saturated carbocycles. The Labute approximate surface area is 95.1 Å². The summed E-state index contributed by atoms with van der Waals surface area (Å²) < 4.78 is 58.4. The van der Waals surface area contributed by atoms with Gasteiger partial charge in [-0.05, 0) is 6.92 Å². The summed E-state index contributed by atoms with van der Waals surface area (Å²) in [5.74, 6) is -2.64. The van der Waals surface area contributed by atoms with Crippen LogP contribution in [0.5, 0.6) is 0 Å². The van der Waals surface area contributed by atoms with Gasteiger partial charge in [0.1, 0.15) is 0 Å². The Balaban J connectivity index is 4.50. The highest BCUT2D eigenvalue weighted by Crippen LogP contribution is 2.27. The van der Waals surface area contributed by atoms with E-state index in [4.69, 9.17) is 9.66 Å². The molecule has 2 N–H and O–H groups in total.